The van der Waals surface area contributed by atoms with Crippen LogP contribution in [0.3, 0.4) is 0 Å². The minimum atomic E-state index is 0. The summed E-state index contributed by atoms with van der Waals surface area (Å²) >= 11 is 0. The van der Waals surface area contributed by atoms with Crippen molar-refractivity contribution in [2.45, 2.75) is 12.8 Å². The van der Waals surface area contributed by atoms with Crippen LogP contribution in [0.5, 0.6) is 5.75 Å². The first-order chi connectivity index (χ1) is 4.97. The van der Waals surface area contributed by atoms with Crippen molar-refractivity contribution in [2.24, 2.45) is 0 Å². The van der Waals surface area contributed by atoms with E-state index in [2.05, 4.69) is 12.1 Å². The SMILES string of the molecule is [Al].[Pb].c1ccc2c(c1)CCCO2. The zero-order chi connectivity index (χ0) is 6.81. The van der Waals surface area contributed by atoms with Gasteiger partial charge in [-0.2, -0.15) is 0 Å². The smallest absolute Gasteiger partial charge is 0.122 e. The molecule has 0 aromatic heterocycles. The van der Waals surface area contributed by atoms with Gasteiger partial charge in [-0.25, -0.2) is 0 Å². The summed E-state index contributed by atoms with van der Waals surface area (Å²) in [6.07, 6.45) is 2.34. The van der Waals surface area contributed by atoms with Gasteiger partial charge >= 0.3 is 0 Å². The second kappa shape index (κ2) is 6.01. The van der Waals surface area contributed by atoms with Crippen LogP contribution < -0.4 is 4.74 Å². The van der Waals surface area contributed by atoms with Crippen molar-refractivity contribution in [1.82, 2.24) is 0 Å². The molecular weight excluding hydrogens is 358 g/mol. The molecule has 3 heteroatoms. The van der Waals surface area contributed by atoms with Crippen molar-refractivity contribution in [3.05, 3.63) is 29.8 Å². The van der Waals surface area contributed by atoms with Crippen molar-refractivity contribution in [2.75, 3.05) is 6.61 Å². The van der Waals surface area contributed by atoms with Gasteiger partial charge in [0.1, 0.15) is 5.75 Å². The van der Waals surface area contributed by atoms with Crippen molar-refractivity contribution in [3.63, 3.8) is 0 Å². The molecule has 0 aliphatic carbocycles. The van der Waals surface area contributed by atoms with E-state index in [1.54, 1.807) is 0 Å². The fourth-order valence-electron chi connectivity index (χ4n) is 1.30. The number of fused-ring (bicyclic) bond motifs is 1. The summed E-state index contributed by atoms with van der Waals surface area (Å²) in [5.41, 5.74) is 1.36. The second-order valence-corrected chi connectivity index (χ2v) is 2.56. The zero-order valence-corrected chi connectivity index (χ0v) is 12.0. The molecule has 1 nitrogen and oxygen atoms in total. The summed E-state index contributed by atoms with van der Waals surface area (Å²) < 4.78 is 5.42. The molecule has 0 unspecified atom stereocenters. The van der Waals surface area contributed by atoms with Gasteiger partial charge in [0.25, 0.3) is 0 Å². The molecule has 1 heterocycles. The van der Waals surface area contributed by atoms with Crippen LogP contribution >= 0.6 is 0 Å². The number of rotatable bonds is 0. The average molecular weight is 368 g/mol. The third kappa shape index (κ3) is 2.75. The number of hydrogen-bond acceptors (Lipinski definition) is 1. The van der Waals surface area contributed by atoms with Gasteiger partial charge in [-0.1, -0.05) is 18.2 Å². The van der Waals surface area contributed by atoms with E-state index in [0.717, 1.165) is 18.8 Å². The first-order valence-corrected chi connectivity index (χ1v) is 3.67. The molecule has 0 saturated carbocycles. The van der Waals surface area contributed by atoms with E-state index in [1.165, 1.54) is 12.0 Å². The molecule has 0 bridgehead atoms. The van der Waals surface area contributed by atoms with Gasteiger partial charge in [-0.15, -0.1) is 0 Å². The Labute approximate surface area is 104 Å². The molecule has 12 heavy (non-hydrogen) atoms. The van der Waals surface area contributed by atoms with Crippen molar-refractivity contribution < 1.29 is 4.74 Å². The van der Waals surface area contributed by atoms with Crippen LogP contribution in [0.25, 0.3) is 0 Å². The maximum atomic E-state index is 5.42. The second-order valence-electron chi connectivity index (χ2n) is 2.56. The van der Waals surface area contributed by atoms with Crippen LogP contribution in [0.1, 0.15) is 12.0 Å². The standard InChI is InChI=1S/C9H10O.Al.Pb/c1-2-6-9-8(4-1)5-3-7-10-9;;/h1-2,4,6H,3,5,7H2;;. The molecule has 0 N–H and O–H groups in total. The van der Waals surface area contributed by atoms with Gasteiger partial charge in [0.2, 0.25) is 0 Å². The molecule has 1 aromatic carbocycles. The van der Waals surface area contributed by atoms with Crippen LogP contribution in [0, 0.1) is 0 Å². The summed E-state index contributed by atoms with van der Waals surface area (Å²) in [5.74, 6) is 1.08. The van der Waals surface area contributed by atoms with E-state index < -0.39 is 0 Å². The summed E-state index contributed by atoms with van der Waals surface area (Å²) in [4.78, 5) is 0. The summed E-state index contributed by atoms with van der Waals surface area (Å²) in [5, 5.41) is 0. The Morgan fingerprint density at radius 3 is 2.67 bits per heavy atom. The number of benzene rings is 1. The summed E-state index contributed by atoms with van der Waals surface area (Å²) in [6.45, 7) is 0.886. The molecule has 2 rings (SSSR count). The maximum Gasteiger partial charge on any atom is 0.122 e. The molecular formula is C9H10AlOPb. The molecule has 59 valence electrons. The minimum Gasteiger partial charge on any atom is -0.493 e. The molecule has 0 spiro atoms. The third-order valence-corrected chi connectivity index (χ3v) is 1.82. The molecule has 1 aromatic rings. The number of aryl methyl sites for hydroxylation is 1. The maximum absolute atomic E-state index is 5.42. The van der Waals surface area contributed by atoms with Crippen LogP contribution in [0.2, 0.25) is 0 Å². The monoisotopic (exact) mass is 369 g/mol. The van der Waals surface area contributed by atoms with E-state index in [9.17, 15) is 0 Å². The van der Waals surface area contributed by atoms with Gasteiger partial charge in [0.15, 0.2) is 0 Å². The Hall–Kier alpha value is 0.475. The quantitative estimate of drug-likeness (QED) is 0.627. The van der Waals surface area contributed by atoms with Gasteiger partial charge in [0, 0.05) is 44.7 Å². The van der Waals surface area contributed by atoms with Crippen LogP contribution in [0.15, 0.2) is 24.3 Å². The minimum absolute atomic E-state index is 0. The first kappa shape index (κ1) is 12.5. The topological polar surface area (TPSA) is 9.23 Å². The Morgan fingerprint density at radius 2 is 1.92 bits per heavy atom. The molecule has 0 fully saturated rings. The van der Waals surface area contributed by atoms with E-state index in [-0.39, 0.29) is 44.7 Å². The predicted octanol–water partition coefficient (Wildman–Crippen LogP) is 1.25. The number of hydrogen-bond donors (Lipinski definition) is 0. The van der Waals surface area contributed by atoms with Gasteiger partial charge in [0.05, 0.1) is 6.61 Å². The predicted molar refractivity (Wildman–Crippen MR) is 51.8 cm³/mol. The molecule has 0 atom stereocenters. The Morgan fingerprint density at radius 1 is 1.17 bits per heavy atom. The van der Waals surface area contributed by atoms with Gasteiger partial charge in [-0.3, -0.25) is 0 Å². The summed E-state index contributed by atoms with van der Waals surface area (Å²) in [7, 11) is 0. The molecule has 0 saturated heterocycles. The van der Waals surface area contributed by atoms with E-state index in [0.29, 0.717) is 0 Å². The van der Waals surface area contributed by atoms with Crippen molar-refractivity contribution in [1.29, 1.82) is 0 Å². The Bertz CT molecular complexity index is 215. The molecule has 7 radical (unpaired) electrons. The van der Waals surface area contributed by atoms with E-state index in [1.807, 2.05) is 12.1 Å². The van der Waals surface area contributed by atoms with Crippen molar-refractivity contribution in [3.8, 4) is 5.75 Å². The van der Waals surface area contributed by atoms with Crippen LogP contribution in [-0.2, 0) is 6.42 Å². The van der Waals surface area contributed by atoms with Gasteiger partial charge < -0.3 is 4.74 Å². The normalized spacial score (nSPS) is 13.0. The largest absolute Gasteiger partial charge is 0.493 e. The van der Waals surface area contributed by atoms with Crippen LogP contribution in [0.4, 0.5) is 0 Å². The van der Waals surface area contributed by atoms with Crippen molar-refractivity contribution >= 4 is 44.7 Å². The fourth-order valence-corrected chi connectivity index (χ4v) is 1.30. The van der Waals surface area contributed by atoms with Gasteiger partial charge in [-0.05, 0) is 24.5 Å². The third-order valence-electron chi connectivity index (χ3n) is 1.82. The number of para-hydroxylation sites is 1. The zero-order valence-electron chi connectivity index (χ0n) is 6.92. The Kier molecular flexibility index (Phi) is 6.25. The molecule has 0 amide bonds. The first-order valence-electron chi connectivity index (χ1n) is 3.67. The summed E-state index contributed by atoms with van der Waals surface area (Å²) in [6, 6.07) is 8.25. The average Bonchev–Trinajstić information content (AvgIpc) is 2.05. The molecule has 1 aliphatic rings. The fraction of sp³-hybridized carbons (Fsp3) is 0.333. The number of ether oxygens (including phenoxy) is 1. The van der Waals surface area contributed by atoms with Crippen LogP contribution in [-0.4, -0.2) is 51.3 Å². The van der Waals surface area contributed by atoms with E-state index in [4.69, 9.17) is 4.74 Å². The van der Waals surface area contributed by atoms with E-state index >= 15 is 0 Å². The molecule has 1 aliphatic heterocycles. The Balaban J connectivity index is 0.000000605.